The fourth-order valence-electron chi connectivity index (χ4n) is 2.84. The molecule has 2 N–H and O–H groups in total. The van der Waals surface area contributed by atoms with Crippen molar-refractivity contribution in [2.24, 2.45) is 0 Å². The Morgan fingerprint density at radius 3 is 2.29 bits per heavy atom. The van der Waals surface area contributed by atoms with Crippen molar-refractivity contribution >= 4 is 29.5 Å². The molecule has 0 spiro atoms. The molecule has 2 aromatic carbocycles. The number of benzene rings is 2. The van der Waals surface area contributed by atoms with Crippen LogP contribution in [0, 0.1) is 20.2 Å². The molecule has 0 aliphatic rings. The molecule has 3 aromatic rings. The van der Waals surface area contributed by atoms with Crippen LogP contribution in [0.15, 0.2) is 52.1 Å². The fraction of sp³-hybridized carbons (Fsp3) is 0.0952. The normalized spacial score (nSPS) is 10.7. The molecule has 0 bridgehead atoms. The Morgan fingerprint density at radius 2 is 1.68 bits per heavy atom. The van der Waals surface area contributed by atoms with Gasteiger partial charge in [-0.15, -0.1) is 0 Å². The summed E-state index contributed by atoms with van der Waals surface area (Å²) in [6.45, 7) is 1.93. The van der Waals surface area contributed by atoms with Crippen LogP contribution < -0.4 is 20.7 Å². The lowest BCUT2D eigenvalue weighted by molar-refractivity contribution is -0.386. The maximum Gasteiger partial charge on any atom is 0.357 e. The first-order valence-corrected chi connectivity index (χ1v) is 9.62. The number of nitro groups is 2. The number of aromatic amines is 2. The van der Waals surface area contributed by atoms with Crippen molar-refractivity contribution in [3.63, 3.8) is 0 Å². The summed E-state index contributed by atoms with van der Waals surface area (Å²) in [5.41, 5.74) is -2.81. The van der Waals surface area contributed by atoms with Gasteiger partial charge in [-0.25, -0.2) is 9.59 Å². The van der Waals surface area contributed by atoms with Gasteiger partial charge in [0.2, 0.25) is 0 Å². The highest BCUT2D eigenvalue weighted by molar-refractivity contribution is 5.91. The Bertz CT molecular complexity index is 1400. The molecule has 13 nitrogen and oxygen atoms in total. The number of carbonyl (C=O) groups excluding carboxylic acids is 1. The fourth-order valence-corrected chi connectivity index (χ4v) is 2.84. The second-order valence-electron chi connectivity index (χ2n) is 6.59. The van der Waals surface area contributed by atoms with E-state index in [4.69, 9.17) is 9.47 Å². The van der Waals surface area contributed by atoms with E-state index in [1.165, 1.54) is 54.6 Å². The zero-order chi connectivity index (χ0) is 24.8. The minimum Gasteiger partial charge on any atom is -0.490 e. The highest BCUT2D eigenvalue weighted by Crippen LogP contribution is 2.30. The molecule has 0 fully saturated rings. The summed E-state index contributed by atoms with van der Waals surface area (Å²) >= 11 is 0. The average molecular weight is 468 g/mol. The molecule has 0 unspecified atom stereocenters. The van der Waals surface area contributed by atoms with E-state index in [1.807, 2.05) is 0 Å². The number of carbonyl (C=O) groups is 1. The number of rotatable bonds is 8. The summed E-state index contributed by atoms with van der Waals surface area (Å²) in [6.07, 6.45) is 2.57. The average Bonchev–Trinajstić information content (AvgIpc) is 2.78. The maximum atomic E-state index is 12.4. The third kappa shape index (κ3) is 5.40. The van der Waals surface area contributed by atoms with E-state index in [0.29, 0.717) is 5.56 Å². The highest BCUT2D eigenvalue weighted by atomic mass is 16.6. The standard InChI is InChI=1S/C21H16N4O9/c1-2-33-17-11-12(3-9-15-18(25(31)32)19(26)23-21(28)22-15)4-10-16(17)34-20(27)13-5-7-14(8-6-13)24(29)30/h3-11H,2H2,1H3,(H2,22,23,26,28). The molecule has 3 rings (SSSR count). The van der Waals surface area contributed by atoms with Crippen LogP contribution in [0.25, 0.3) is 12.2 Å². The molecule has 0 aliphatic carbocycles. The second kappa shape index (κ2) is 10.0. The predicted octanol–water partition coefficient (Wildman–Crippen LogP) is 2.67. The number of nitrogens with one attached hydrogen (secondary N) is 2. The van der Waals surface area contributed by atoms with Gasteiger partial charge in [-0.05, 0) is 42.8 Å². The number of ether oxygens (including phenoxy) is 2. The van der Waals surface area contributed by atoms with E-state index < -0.39 is 32.8 Å². The minimum absolute atomic E-state index is 0.0675. The molecule has 0 saturated carbocycles. The summed E-state index contributed by atoms with van der Waals surface area (Å²) in [4.78, 5) is 60.0. The highest BCUT2D eigenvalue weighted by Gasteiger charge is 2.19. The van der Waals surface area contributed by atoms with Gasteiger partial charge in [0, 0.05) is 12.1 Å². The molecule has 1 heterocycles. The van der Waals surface area contributed by atoms with Gasteiger partial charge >= 0.3 is 22.9 Å². The topological polar surface area (TPSA) is 188 Å². The minimum atomic E-state index is -1.14. The van der Waals surface area contributed by atoms with Gasteiger partial charge in [0.1, 0.15) is 5.69 Å². The van der Waals surface area contributed by atoms with E-state index >= 15 is 0 Å². The Balaban J connectivity index is 1.88. The number of nitro benzene ring substituents is 1. The number of H-pyrrole nitrogens is 2. The number of hydrogen-bond acceptors (Lipinski definition) is 9. The van der Waals surface area contributed by atoms with E-state index in [-0.39, 0.29) is 35.1 Å². The van der Waals surface area contributed by atoms with E-state index in [1.54, 1.807) is 11.9 Å². The van der Waals surface area contributed by atoms with Gasteiger partial charge in [0.25, 0.3) is 5.69 Å². The zero-order valence-electron chi connectivity index (χ0n) is 17.5. The summed E-state index contributed by atoms with van der Waals surface area (Å²) < 4.78 is 10.8. The van der Waals surface area contributed by atoms with Crippen molar-refractivity contribution in [1.82, 2.24) is 9.97 Å². The molecular weight excluding hydrogens is 452 g/mol. The number of esters is 1. The van der Waals surface area contributed by atoms with Crippen molar-refractivity contribution in [1.29, 1.82) is 0 Å². The largest absolute Gasteiger partial charge is 0.490 e. The number of hydrogen-bond donors (Lipinski definition) is 2. The number of nitrogens with zero attached hydrogens (tertiary/aromatic N) is 2. The molecular formula is C21H16N4O9. The Morgan fingerprint density at radius 1 is 0.971 bits per heavy atom. The molecule has 0 aliphatic heterocycles. The summed E-state index contributed by atoms with van der Waals surface area (Å²) in [6, 6.07) is 9.27. The molecule has 1 aromatic heterocycles. The molecule has 0 amide bonds. The maximum absolute atomic E-state index is 12.4. The monoisotopic (exact) mass is 468 g/mol. The SMILES string of the molecule is CCOc1cc(C=Cc2[nH]c(=O)[nH]c(=O)c2[N+](=O)[O-])ccc1OC(=O)c1ccc([N+](=O)[O-])cc1. The lowest BCUT2D eigenvalue weighted by Crippen LogP contribution is -2.25. The van der Waals surface area contributed by atoms with Gasteiger partial charge in [-0.3, -0.25) is 30.0 Å². The van der Waals surface area contributed by atoms with Gasteiger partial charge in [-0.1, -0.05) is 12.1 Å². The Kier molecular flexibility index (Phi) is 6.96. The van der Waals surface area contributed by atoms with Crippen LogP contribution in [0.2, 0.25) is 0 Å². The van der Waals surface area contributed by atoms with Crippen LogP contribution in [0.3, 0.4) is 0 Å². The van der Waals surface area contributed by atoms with E-state index in [0.717, 1.165) is 0 Å². The number of non-ortho nitro benzene ring substituents is 1. The van der Waals surface area contributed by atoms with Crippen molar-refractivity contribution in [2.45, 2.75) is 6.92 Å². The third-order valence-corrected chi connectivity index (χ3v) is 4.35. The number of aromatic nitrogens is 2. The molecule has 0 saturated heterocycles. The molecule has 0 atom stereocenters. The Labute approximate surface area is 189 Å². The summed E-state index contributed by atoms with van der Waals surface area (Å²) in [5.74, 6) is -0.525. The van der Waals surface area contributed by atoms with Crippen molar-refractivity contribution < 1.29 is 24.1 Å². The van der Waals surface area contributed by atoms with Crippen molar-refractivity contribution in [3.8, 4) is 11.5 Å². The second-order valence-corrected chi connectivity index (χ2v) is 6.59. The first-order chi connectivity index (χ1) is 16.2. The van der Waals surface area contributed by atoms with Crippen LogP contribution in [-0.4, -0.2) is 32.4 Å². The molecule has 174 valence electrons. The van der Waals surface area contributed by atoms with Crippen LogP contribution in [0.4, 0.5) is 11.4 Å². The van der Waals surface area contributed by atoms with E-state index in [2.05, 4.69) is 4.98 Å². The van der Waals surface area contributed by atoms with E-state index in [9.17, 15) is 34.6 Å². The van der Waals surface area contributed by atoms with Crippen LogP contribution in [0.1, 0.15) is 28.5 Å². The third-order valence-electron chi connectivity index (χ3n) is 4.35. The van der Waals surface area contributed by atoms with Gasteiger partial charge in [0.05, 0.1) is 22.0 Å². The first-order valence-electron chi connectivity index (χ1n) is 9.62. The van der Waals surface area contributed by atoms with Crippen LogP contribution in [0.5, 0.6) is 11.5 Å². The van der Waals surface area contributed by atoms with Crippen molar-refractivity contribution in [2.75, 3.05) is 6.61 Å². The van der Waals surface area contributed by atoms with Crippen LogP contribution in [-0.2, 0) is 0 Å². The Hall–Kier alpha value is -5.07. The van der Waals surface area contributed by atoms with Gasteiger partial charge in [0.15, 0.2) is 11.5 Å². The van der Waals surface area contributed by atoms with Gasteiger partial charge in [-0.2, -0.15) is 0 Å². The lowest BCUT2D eigenvalue weighted by Gasteiger charge is -2.11. The first kappa shape index (κ1) is 23.6. The predicted molar refractivity (Wildman–Crippen MR) is 119 cm³/mol. The zero-order valence-corrected chi connectivity index (χ0v) is 17.5. The summed E-state index contributed by atoms with van der Waals surface area (Å²) in [5, 5.41) is 21.9. The van der Waals surface area contributed by atoms with Crippen LogP contribution >= 0.6 is 0 Å². The smallest absolute Gasteiger partial charge is 0.357 e. The molecule has 13 heteroatoms. The van der Waals surface area contributed by atoms with Crippen molar-refractivity contribution in [3.05, 3.63) is 100 Å². The quantitative estimate of drug-likeness (QED) is 0.217. The summed E-state index contributed by atoms with van der Waals surface area (Å²) in [7, 11) is 0. The molecule has 0 radical (unpaired) electrons. The van der Waals surface area contributed by atoms with Gasteiger partial charge < -0.3 is 14.5 Å². The molecule has 34 heavy (non-hydrogen) atoms. The lowest BCUT2D eigenvalue weighted by atomic mass is 10.1.